The van der Waals surface area contributed by atoms with E-state index in [2.05, 4.69) is 9.97 Å². The summed E-state index contributed by atoms with van der Waals surface area (Å²) in [7, 11) is 0. The van der Waals surface area contributed by atoms with Crippen molar-refractivity contribution in [2.24, 2.45) is 0 Å². The van der Waals surface area contributed by atoms with E-state index in [4.69, 9.17) is 9.84 Å². The molecule has 1 aliphatic heterocycles. The lowest BCUT2D eigenvalue weighted by Crippen LogP contribution is -2.20. The number of imidazole rings is 1. The van der Waals surface area contributed by atoms with Gasteiger partial charge in [0.15, 0.2) is 5.65 Å². The van der Waals surface area contributed by atoms with Crippen molar-refractivity contribution in [2.45, 2.75) is 31.9 Å². The summed E-state index contributed by atoms with van der Waals surface area (Å²) in [6, 6.07) is 3.83. The average Bonchev–Trinajstić information content (AvgIpc) is 2.78. The van der Waals surface area contributed by atoms with Crippen LogP contribution in [-0.4, -0.2) is 32.9 Å². The van der Waals surface area contributed by atoms with Gasteiger partial charge in [-0.3, -0.25) is 4.57 Å². The molecule has 2 aromatic rings. The molecular weight excluding hydrogens is 230 g/mol. The Morgan fingerprint density at radius 2 is 2.39 bits per heavy atom. The molecule has 0 amide bonds. The van der Waals surface area contributed by atoms with E-state index in [1.807, 2.05) is 16.7 Å². The van der Waals surface area contributed by atoms with Gasteiger partial charge in [-0.25, -0.2) is 9.97 Å². The van der Waals surface area contributed by atoms with Gasteiger partial charge in [0, 0.05) is 19.2 Å². The van der Waals surface area contributed by atoms with Gasteiger partial charge >= 0.3 is 0 Å². The van der Waals surface area contributed by atoms with Crippen LogP contribution in [-0.2, 0) is 11.2 Å². The molecule has 0 radical (unpaired) electrons. The minimum Gasteiger partial charge on any atom is -0.396 e. The van der Waals surface area contributed by atoms with E-state index < -0.39 is 0 Å². The van der Waals surface area contributed by atoms with Crippen LogP contribution < -0.4 is 0 Å². The monoisotopic (exact) mass is 247 g/mol. The number of rotatable bonds is 3. The van der Waals surface area contributed by atoms with Crippen LogP contribution in [0.1, 0.15) is 31.3 Å². The van der Waals surface area contributed by atoms with Crippen molar-refractivity contribution in [3.05, 3.63) is 24.2 Å². The lowest BCUT2D eigenvalue weighted by Gasteiger charge is -2.25. The second-order valence-corrected chi connectivity index (χ2v) is 4.54. The number of hydrogen-bond acceptors (Lipinski definition) is 4. The fourth-order valence-corrected chi connectivity index (χ4v) is 2.48. The minimum absolute atomic E-state index is 0.0141. The lowest BCUT2D eigenvalue weighted by molar-refractivity contribution is -0.0315. The van der Waals surface area contributed by atoms with Crippen LogP contribution in [0, 0.1) is 0 Å². The highest BCUT2D eigenvalue weighted by atomic mass is 16.5. The summed E-state index contributed by atoms with van der Waals surface area (Å²) >= 11 is 0. The first-order chi connectivity index (χ1) is 8.90. The summed E-state index contributed by atoms with van der Waals surface area (Å²) in [4.78, 5) is 8.94. The summed E-state index contributed by atoms with van der Waals surface area (Å²) in [6.45, 7) is 0.881. The maximum Gasteiger partial charge on any atom is 0.162 e. The fraction of sp³-hybridized carbons (Fsp3) is 0.538. The minimum atomic E-state index is 0.0141. The number of fused-ring (bicyclic) bond motifs is 1. The Morgan fingerprint density at radius 1 is 1.44 bits per heavy atom. The molecule has 0 saturated carbocycles. The standard InChI is InChI=1S/C13H17N3O2/c17-8-6-11-15-10-4-3-7-14-13(10)16(11)12-5-1-2-9-18-12/h3-4,7,12,17H,1-2,5-6,8-9H2. The Labute approximate surface area is 105 Å². The normalized spacial score (nSPS) is 20.4. The van der Waals surface area contributed by atoms with Gasteiger partial charge in [-0.05, 0) is 31.4 Å². The number of aromatic nitrogens is 3. The first-order valence-corrected chi connectivity index (χ1v) is 6.44. The van der Waals surface area contributed by atoms with Gasteiger partial charge in [0.1, 0.15) is 17.6 Å². The molecule has 2 aromatic heterocycles. The first kappa shape index (κ1) is 11.6. The molecule has 5 nitrogen and oxygen atoms in total. The average molecular weight is 247 g/mol. The molecule has 1 fully saturated rings. The van der Waals surface area contributed by atoms with Crippen molar-refractivity contribution < 1.29 is 9.84 Å². The summed E-state index contributed by atoms with van der Waals surface area (Å²) in [5, 5.41) is 9.15. The van der Waals surface area contributed by atoms with E-state index >= 15 is 0 Å². The maximum atomic E-state index is 9.15. The molecule has 1 unspecified atom stereocenters. The zero-order valence-corrected chi connectivity index (χ0v) is 10.2. The molecule has 1 saturated heterocycles. The predicted octanol–water partition coefficient (Wildman–Crippen LogP) is 1.67. The molecule has 0 spiro atoms. The highest BCUT2D eigenvalue weighted by Crippen LogP contribution is 2.27. The second-order valence-electron chi connectivity index (χ2n) is 4.54. The summed E-state index contributed by atoms with van der Waals surface area (Å²) < 4.78 is 7.87. The fourth-order valence-electron chi connectivity index (χ4n) is 2.48. The summed E-state index contributed by atoms with van der Waals surface area (Å²) in [5.74, 6) is 0.859. The highest BCUT2D eigenvalue weighted by Gasteiger charge is 2.22. The Morgan fingerprint density at radius 3 is 3.17 bits per heavy atom. The summed E-state index contributed by atoms with van der Waals surface area (Å²) in [5.41, 5.74) is 1.72. The third-order valence-corrected chi connectivity index (χ3v) is 3.30. The Bertz CT molecular complexity index is 532. The molecule has 0 aromatic carbocycles. The van der Waals surface area contributed by atoms with Crippen LogP contribution in [0.5, 0.6) is 0 Å². The summed E-state index contributed by atoms with van der Waals surface area (Å²) in [6.07, 6.45) is 5.59. The SMILES string of the molecule is OCCc1nc2cccnc2n1C1CCCCO1. The van der Waals surface area contributed by atoms with Crippen molar-refractivity contribution in [1.82, 2.24) is 14.5 Å². The first-order valence-electron chi connectivity index (χ1n) is 6.44. The van der Waals surface area contributed by atoms with Crippen LogP contribution in [0.4, 0.5) is 0 Å². The van der Waals surface area contributed by atoms with Gasteiger partial charge in [-0.15, -0.1) is 0 Å². The van der Waals surface area contributed by atoms with Gasteiger partial charge in [0.25, 0.3) is 0 Å². The van der Waals surface area contributed by atoms with E-state index in [-0.39, 0.29) is 12.8 Å². The van der Waals surface area contributed by atoms with E-state index in [0.717, 1.165) is 42.9 Å². The van der Waals surface area contributed by atoms with Crippen molar-refractivity contribution in [3.63, 3.8) is 0 Å². The van der Waals surface area contributed by atoms with Gasteiger partial charge < -0.3 is 9.84 Å². The molecule has 3 heterocycles. The molecule has 3 rings (SSSR count). The Kier molecular flexibility index (Phi) is 3.25. The van der Waals surface area contributed by atoms with Crippen molar-refractivity contribution in [2.75, 3.05) is 13.2 Å². The predicted molar refractivity (Wildman–Crippen MR) is 67.2 cm³/mol. The maximum absolute atomic E-state index is 9.15. The molecule has 1 N–H and O–H groups in total. The smallest absolute Gasteiger partial charge is 0.162 e. The number of pyridine rings is 1. The van der Waals surface area contributed by atoms with E-state index in [1.54, 1.807) is 6.20 Å². The van der Waals surface area contributed by atoms with Crippen LogP contribution in [0.25, 0.3) is 11.2 Å². The van der Waals surface area contributed by atoms with Gasteiger partial charge in [0.05, 0.1) is 6.61 Å². The molecule has 1 aliphatic rings. The Hall–Kier alpha value is -1.46. The number of aliphatic hydroxyl groups excluding tert-OH is 1. The molecule has 1 atom stereocenters. The zero-order valence-electron chi connectivity index (χ0n) is 10.2. The van der Waals surface area contributed by atoms with Crippen LogP contribution in [0.15, 0.2) is 18.3 Å². The van der Waals surface area contributed by atoms with E-state index in [9.17, 15) is 0 Å². The van der Waals surface area contributed by atoms with Crippen LogP contribution in [0.2, 0.25) is 0 Å². The molecule has 96 valence electrons. The largest absolute Gasteiger partial charge is 0.396 e. The highest BCUT2D eigenvalue weighted by molar-refractivity contribution is 5.71. The topological polar surface area (TPSA) is 60.2 Å². The third kappa shape index (κ3) is 2.00. The van der Waals surface area contributed by atoms with Gasteiger partial charge in [0.2, 0.25) is 0 Å². The van der Waals surface area contributed by atoms with Crippen LogP contribution in [0.3, 0.4) is 0 Å². The molecule has 18 heavy (non-hydrogen) atoms. The lowest BCUT2D eigenvalue weighted by atomic mass is 10.2. The molecule has 0 aliphatic carbocycles. The third-order valence-electron chi connectivity index (χ3n) is 3.30. The van der Waals surface area contributed by atoms with Gasteiger partial charge in [-0.2, -0.15) is 0 Å². The van der Waals surface area contributed by atoms with Crippen molar-refractivity contribution >= 4 is 11.2 Å². The van der Waals surface area contributed by atoms with Crippen LogP contribution >= 0.6 is 0 Å². The Balaban J connectivity index is 2.07. The quantitative estimate of drug-likeness (QED) is 0.896. The number of ether oxygens (including phenoxy) is 1. The van der Waals surface area contributed by atoms with E-state index in [0.29, 0.717) is 6.42 Å². The molecule has 5 heteroatoms. The molecular formula is C13H17N3O2. The molecule has 0 bridgehead atoms. The van der Waals surface area contributed by atoms with Gasteiger partial charge in [-0.1, -0.05) is 0 Å². The zero-order chi connectivity index (χ0) is 12.4. The van der Waals surface area contributed by atoms with Crippen molar-refractivity contribution in [1.29, 1.82) is 0 Å². The van der Waals surface area contributed by atoms with E-state index in [1.165, 1.54) is 0 Å². The number of aliphatic hydroxyl groups is 1. The number of nitrogens with zero attached hydrogens (tertiary/aromatic N) is 3. The second kappa shape index (κ2) is 5.04. The van der Waals surface area contributed by atoms with Crippen molar-refractivity contribution in [3.8, 4) is 0 Å². The number of hydrogen-bond donors (Lipinski definition) is 1.